The number of nitrogens with one attached hydrogen (secondary N) is 3. The summed E-state index contributed by atoms with van der Waals surface area (Å²) in [5.41, 5.74) is 9.98. The Balaban J connectivity index is 4.60. The molecule has 8 N–H and O–H groups in total. The third-order valence-electron chi connectivity index (χ3n) is 2.44. The second-order valence-corrected chi connectivity index (χ2v) is 4.27. The number of nitrogens with zero attached hydrogens (tertiary/aromatic N) is 1. The van der Waals surface area contributed by atoms with Crippen molar-refractivity contribution in [3.05, 3.63) is 0 Å². The lowest BCUT2D eigenvalue weighted by molar-refractivity contribution is -0.145. The van der Waals surface area contributed by atoms with Crippen molar-refractivity contribution in [2.45, 2.75) is 18.9 Å². The average molecular weight is 321 g/mol. The van der Waals surface area contributed by atoms with Crippen molar-refractivity contribution in [2.75, 3.05) is 32.8 Å². The Labute approximate surface area is 127 Å². The molecule has 0 spiro atoms. The van der Waals surface area contributed by atoms with Gasteiger partial charge in [0.1, 0.15) is 6.04 Å². The molecule has 0 fully saturated rings. The van der Waals surface area contributed by atoms with Gasteiger partial charge in [-0.05, 0) is 0 Å². The predicted octanol–water partition coefficient (Wildman–Crippen LogP) is -3.88. The maximum Gasteiger partial charge on any atom is 0.305 e. The van der Waals surface area contributed by atoms with E-state index >= 15 is 0 Å². The molecule has 0 aliphatic rings. The van der Waals surface area contributed by atoms with E-state index in [1.54, 1.807) is 0 Å². The summed E-state index contributed by atoms with van der Waals surface area (Å²) < 4.78 is 0. The molecule has 128 valence electrons. The van der Waals surface area contributed by atoms with Gasteiger partial charge < -0.3 is 26.4 Å². The molecule has 0 aromatic carbocycles. The second-order valence-electron chi connectivity index (χ2n) is 4.27. The van der Waals surface area contributed by atoms with Crippen molar-refractivity contribution in [1.82, 2.24) is 21.3 Å². The van der Waals surface area contributed by atoms with Crippen LogP contribution in [0.25, 0.3) is 0 Å². The Hall–Kier alpha value is -1.79. The van der Waals surface area contributed by atoms with Crippen molar-refractivity contribution < 1.29 is 29.7 Å². The lowest BCUT2D eigenvalue weighted by Crippen LogP contribution is -2.59. The summed E-state index contributed by atoms with van der Waals surface area (Å²) in [5, 5.41) is 29.7. The number of hydrogen-bond acceptors (Lipinski definition) is 8. The van der Waals surface area contributed by atoms with Crippen molar-refractivity contribution >= 4 is 17.8 Å². The summed E-state index contributed by atoms with van der Waals surface area (Å²) in [7, 11) is 0. The molecule has 0 aromatic heterocycles. The van der Waals surface area contributed by atoms with Gasteiger partial charge in [-0.1, -0.05) is 0 Å². The zero-order chi connectivity index (χ0) is 17.0. The lowest BCUT2D eigenvalue weighted by atomic mass is 10.2. The van der Waals surface area contributed by atoms with Crippen molar-refractivity contribution in [2.24, 2.45) is 5.73 Å². The van der Waals surface area contributed by atoms with Crippen LogP contribution in [-0.2, 0) is 14.4 Å². The molecule has 0 aliphatic heterocycles. The second kappa shape index (κ2) is 11.8. The first kappa shape index (κ1) is 20.2. The molecule has 0 radical (unpaired) electrons. The Morgan fingerprint density at radius 2 is 1.73 bits per heavy atom. The van der Waals surface area contributed by atoms with Gasteiger partial charge in [-0.2, -0.15) is 0 Å². The Morgan fingerprint density at radius 3 is 2.23 bits per heavy atom. The number of hydrogen-bond donors (Lipinski definition) is 7. The molecule has 22 heavy (non-hydrogen) atoms. The van der Waals surface area contributed by atoms with Crippen LogP contribution in [0.15, 0.2) is 0 Å². The van der Waals surface area contributed by atoms with E-state index in [-0.39, 0.29) is 32.7 Å². The highest BCUT2D eigenvalue weighted by atomic mass is 16.4. The third-order valence-corrected chi connectivity index (χ3v) is 2.44. The van der Waals surface area contributed by atoms with Crippen molar-refractivity contribution in [3.8, 4) is 0 Å². The van der Waals surface area contributed by atoms with Crippen molar-refractivity contribution in [3.63, 3.8) is 0 Å². The van der Waals surface area contributed by atoms with Crippen LogP contribution >= 0.6 is 0 Å². The topological polar surface area (TPSA) is 177 Å². The van der Waals surface area contributed by atoms with Gasteiger partial charge >= 0.3 is 5.97 Å². The van der Waals surface area contributed by atoms with Crippen LogP contribution < -0.4 is 21.9 Å². The minimum absolute atomic E-state index is 0.0152. The van der Waals surface area contributed by atoms with Gasteiger partial charge in [-0.15, -0.1) is 0 Å². The fourth-order valence-electron chi connectivity index (χ4n) is 1.42. The molecule has 0 unspecified atom stereocenters. The Kier molecular flexibility index (Phi) is 10.9. The zero-order valence-electron chi connectivity index (χ0n) is 12.1. The van der Waals surface area contributed by atoms with Crippen LogP contribution in [0.4, 0.5) is 0 Å². The molecule has 0 saturated heterocycles. The molecule has 0 rings (SSSR count). The summed E-state index contributed by atoms with van der Waals surface area (Å²) in [6, 6.07) is -1.28. The smallest absolute Gasteiger partial charge is 0.305 e. The van der Waals surface area contributed by atoms with E-state index in [2.05, 4.69) is 16.2 Å². The van der Waals surface area contributed by atoms with Gasteiger partial charge in [0.2, 0.25) is 5.91 Å². The summed E-state index contributed by atoms with van der Waals surface area (Å²) in [5.74, 6) is -2.67. The van der Waals surface area contributed by atoms with Crippen LogP contribution in [0, 0.1) is 0 Å². The van der Waals surface area contributed by atoms with E-state index in [1.807, 2.05) is 0 Å². The van der Waals surface area contributed by atoms with E-state index in [1.165, 1.54) is 0 Å². The number of aliphatic hydroxyl groups is 2. The largest absolute Gasteiger partial charge is 0.481 e. The highest BCUT2D eigenvalue weighted by Gasteiger charge is 2.24. The van der Waals surface area contributed by atoms with E-state index in [0.717, 1.165) is 5.12 Å². The lowest BCUT2D eigenvalue weighted by Gasteiger charge is -2.27. The van der Waals surface area contributed by atoms with E-state index < -0.39 is 30.2 Å². The number of primary amides is 1. The number of nitrogens with two attached hydrogens (primary N) is 1. The number of carbonyl (C=O) groups excluding carboxylic acids is 2. The third kappa shape index (κ3) is 9.20. The summed E-state index contributed by atoms with van der Waals surface area (Å²) >= 11 is 0. The Bertz CT molecular complexity index is 367. The summed E-state index contributed by atoms with van der Waals surface area (Å²) in [4.78, 5) is 33.9. The maximum atomic E-state index is 12.0. The van der Waals surface area contributed by atoms with Gasteiger partial charge in [-0.25, -0.2) is 16.0 Å². The fourth-order valence-corrected chi connectivity index (χ4v) is 1.42. The predicted molar refractivity (Wildman–Crippen MR) is 74.9 cm³/mol. The molecule has 0 saturated carbocycles. The number of hydrazine groups is 2. The number of rotatable bonds is 13. The maximum absolute atomic E-state index is 12.0. The number of carboxylic acid groups (broad SMARTS) is 1. The monoisotopic (exact) mass is 321 g/mol. The van der Waals surface area contributed by atoms with Crippen LogP contribution in [0.2, 0.25) is 0 Å². The highest BCUT2D eigenvalue weighted by Crippen LogP contribution is 1.95. The standard InChI is InChI=1S/C11H23N5O6/c12-11(22)8(7-10(20)21)15-16(14-4-6-18)9(19)1-2-13-3-5-17/h8,13-15,17-18H,1-7H2,(H2,12,22)(H,20,21)/t8-/m0/s1. The Morgan fingerprint density at radius 1 is 1.09 bits per heavy atom. The summed E-state index contributed by atoms with van der Waals surface area (Å²) in [6.45, 7) is 0.281. The first-order valence-electron chi connectivity index (χ1n) is 6.68. The molecule has 0 aliphatic carbocycles. The van der Waals surface area contributed by atoms with E-state index in [0.29, 0.717) is 6.54 Å². The first-order valence-corrected chi connectivity index (χ1v) is 6.68. The normalized spacial score (nSPS) is 11.9. The van der Waals surface area contributed by atoms with Crippen LogP contribution in [0.3, 0.4) is 0 Å². The van der Waals surface area contributed by atoms with Gasteiger partial charge in [0.15, 0.2) is 0 Å². The number of carbonyl (C=O) groups is 3. The van der Waals surface area contributed by atoms with Crippen LogP contribution in [-0.4, -0.2) is 77.1 Å². The van der Waals surface area contributed by atoms with Crippen LogP contribution in [0.1, 0.15) is 12.8 Å². The minimum atomic E-state index is -1.28. The minimum Gasteiger partial charge on any atom is -0.481 e. The number of amides is 2. The zero-order valence-corrected chi connectivity index (χ0v) is 12.1. The SMILES string of the molecule is NC(=O)[C@H](CC(=O)O)NN(NCCO)C(=O)CCNCCO. The van der Waals surface area contributed by atoms with Crippen LogP contribution in [0.5, 0.6) is 0 Å². The van der Waals surface area contributed by atoms with Gasteiger partial charge in [0.05, 0.1) is 19.6 Å². The molecule has 2 amide bonds. The van der Waals surface area contributed by atoms with Gasteiger partial charge in [0.25, 0.3) is 5.91 Å². The van der Waals surface area contributed by atoms with Gasteiger partial charge in [0, 0.05) is 26.1 Å². The molecule has 11 heteroatoms. The summed E-state index contributed by atoms with van der Waals surface area (Å²) in [6.07, 6.45) is -0.577. The quantitative estimate of drug-likeness (QED) is 0.132. The number of aliphatic hydroxyl groups excluding tert-OH is 2. The fraction of sp³-hybridized carbons (Fsp3) is 0.727. The molecule has 0 aromatic rings. The number of carboxylic acids is 1. The van der Waals surface area contributed by atoms with Gasteiger partial charge in [-0.3, -0.25) is 14.4 Å². The number of aliphatic carboxylic acids is 1. The average Bonchev–Trinajstić information content (AvgIpc) is 2.45. The molecule has 0 heterocycles. The van der Waals surface area contributed by atoms with E-state index in [9.17, 15) is 14.4 Å². The molecular weight excluding hydrogens is 298 g/mol. The highest BCUT2D eigenvalue weighted by molar-refractivity contribution is 5.85. The van der Waals surface area contributed by atoms with E-state index in [4.69, 9.17) is 21.1 Å². The molecule has 1 atom stereocenters. The molecular formula is C11H23N5O6. The molecule has 0 bridgehead atoms. The first-order chi connectivity index (χ1) is 10.4. The van der Waals surface area contributed by atoms with Crippen molar-refractivity contribution in [1.29, 1.82) is 0 Å². The molecule has 11 nitrogen and oxygen atoms in total.